The standard InChI is InChI=1S/C20H19F2N3O/c21-15-2-1-3-16(22)18(15)11-8-12-14-10-23-5-4-17(14)25-7-6-24-20(26)13(9-11)19(12)25/h1-3,8-9,14,17,23H,4-7,10H2,(H,24,26). The molecule has 0 spiro atoms. The lowest BCUT2D eigenvalue weighted by atomic mass is 9.87. The summed E-state index contributed by atoms with van der Waals surface area (Å²) in [5, 5.41) is 6.33. The molecule has 4 nitrogen and oxygen atoms in total. The van der Waals surface area contributed by atoms with Crippen molar-refractivity contribution in [3.05, 3.63) is 53.1 Å². The molecule has 3 aliphatic rings. The van der Waals surface area contributed by atoms with Crippen molar-refractivity contribution in [3.8, 4) is 11.1 Å². The highest BCUT2D eigenvalue weighted by Gasteiger charge is 2.43. The van der Waals surface area contributed by atoms with Gasteiger partial charge in [0.25, 0.3) is 5.91 Å². The van der Waals surface area contributed by atoms with Crippen molar-refractivity contribution in [1.82, 2.24) is 10.6 Å². The van der Waals surface area contributed by atoms with Crippen LogP contribution in [0, 0.1) is 11.6 Å². The van der Waals surface area contributed by atoms with Crippen LogP contribution in [0.3, 0.4) is 0 Å². The van der Waals surface area contributed by atoms with E-state index in [0.29, 0.717) is 23.7 Å². The summed E-state index contributed by atoms with van der Waals surface area (Å²) in [5.74, 6) is -1.16. The molecular weight excluding hydrogens is 336 g/mol. The fourth-order valence-corrected chi connectivity index (χ4v) is 4.71. The first-order chi connectivity index (χ1) is 12.6. The smallest absolute Gasteiger partial charge is 0.253 e. The summed E-state index contributed by atoms with van der Waals surface area (Å²) in [6, 6.07) is 7.70. The van der Waals surface area contributed by atoms with E-state index in [4.69, 9.17) is 0 Å². The van der Waals surface area contributed by atoms with Crippen molar-refractivity contribution in [1.29, 1.82) is 0 Å². The van der Waals surface area contributed by atoms with Gasteiger partial charge >= 0.3 is 0 Å². The van der Waals surface area contributed by atoms with E-state index in [2.05, 4.69) is 15.5 Å². The van der Waals surface area contributed by atoms with Crippen LogP contribution in [0.1, 0.15) is 28.3 Å². The molecule has 2 unspecified atom stereocenters. The largest absolute Gasteiger partial charge is 0.365 e. The zero-order valence-electron chi connectivity index (χ0n) is 14.2. The topological polar surface area (TPSA) is 44.4 Å². The summed E-state index contributed by atoms with van der Waals surface area (Å²) in [5.41, 5.74) is 2.85. The molecule has 5 rings (SSSR count). The number of hydrogen-bond donors (Lipinski definition) is 2. The molecule has 2 atom stereocenters. The Labute approximate surface area is 150 Å². The average molecular weight is 355 g/mol. The minimum Gasteiger partial charge on any atom is -0.365 e. The maximum absolute atomic E-state index is 14.4. The number of benzene rings is 2. The number of nitrogens with one attached hydrogen (secondary N) is 2. The lowest BCUT2D eigenvalue weighted by molar-refractivity contribution is 0.0957. The molecule has 0 aliphatic carbocycles. The van der Waals surface area contributed by atoms with Gasteiger partial charge in [0, 0.05) is 31.6 Å². The van der Waals surface area contributed by atoms with Crippen LogP contribution in [0.2, 0.25) is 0 Å². The lowest BCUT2D eigenvalue weighted by Crippen LogP contribution is -2.45. The van der Waals surface area contributed by atoms with Crippen LogP contribution >= 0.6 is 0 Å². The Kier molecular flexibility index (Phi) is 3.50. The fourth-order valence-electron chi connectivity index (χ4n) is 4.71. The van der Waals surface area contributed by atoms with Crippen LogP contribution < -0.4 is 15.5 Å². The summed E-state index contributed by atoms with van der Waals surface area (Å²) in [4.78, 5) is 15.0. The number of halogens is 2. The molecule has 6 heteroatoms. The molecular formula is C20H19F2N3O. The molecule has 0 radical (unpaired) electrons. The summed E-state index contributed by atoms with van der Waals surface area (Å²) in [6.07, 6.45) is 0.996. The molecule has 3 heterocycles. The fraction of sp³-hybridized carbons (Fsp3) is 0.350. The van der Waals surface area contributed by atoms with E-state index in [9.17, 15) is 13.6 Å². The number of fused-ring (bicyclic) bond motifs is 3. The molecule has 1 amide bonds. The van der Waals surface area contributed by atoms with Crippen LogP contribution in [-0.2, 0) is 0 Å². The van der Waals surface area contributed by atoms with Crippen LogP contribution in [0.15, 0.2) is 30.3 Å². The third kappa shape index (κ3) is 2.18. The molecule has 2 aromatic rings. The number of rotatable bonds is 1. The number of nitrogens with zero attached hydrogens (tertiary/aromatic N) is 1. The second-order valence-electron chi connectivity index (χ2n) is 7.17. The van der Waals surface area contributed by atoms with Crippen molar-refractivity contribution < 1.29 is 13.6 Å². The Morgan fingerprint density at radius 2 is 1.92 bits per heavy atom. The first-order valence-corrected chi connectivity index (χ1v) is 9.03. The van der Waals surface area contributed by atoms with Crippen molar-refractivity contribution in [3.63, 3.8) is 0 Å². The Morgan fingerprint density at radius 3 is 2.73 bits per heavy atom. The van der Waals surface area contributed by atoms with Gasteiger partial charge in [-0.25, -0.2) is 8.78 Å². The van der Waals surface area contributed by atoms with Crippen LogP contribution in [0.5, 0.6) is 0 Å². The summed E-state index contributed by atoms with van der Waals surface area (Å²) >= 11 is 0. The molecule has 2 aromatic carbocycles. The molecule has 0 bridgehead atoms. The van der Waals surface area contributed by atoms with Gasteiger partial charge in [-0.1, -0.05) is 6.07 Å². The van der Waals surface area contributed by atoms with Crippen molar-refractivity contribution >= 4 is 11.6 Å². The van der Waals surface area contributed by atoms with Crippen LogP contribution in [-0.4, -0.2) is 38.1 Å². The van der Waals surface area contributed by atoms with E-state index >= 15 is 0 Å². The number of piperidine rings is 1. The zero-order valence-corrected chi connectivity index (χ0v) is 14.2. The highest BCUT2D eigenvalue weighted by molar-refractivity contribution is 6.03. The second-order valence-corrected chi connectivity index (χ2v) is 7.17. The molecule has 0 aromatic heterocycles. The Morgan fingerprint density at radius 1 is 1.12 bits per heavy atom. The first kappa shape index (κ1) is 15.8. The van der Waals surface area contributed by atoms with Gasteiger partial charge < -0.3 is 15.5 Å². The second kappa shape index (κ2) is 5.77. The predicted octanol–water partition coefficient (Wildman–Crippen LogP) is 2.64. The van der Waals surface area contributed by atoms with E-state index in [1.54, 1.807) is 6.07 Å². The van der Waals surface area contributed by atoms with E-state index in [-0.39, 0.29) is 17.4 Å². The molecule has 26 heavy (non-hydrogen) atoms. The van der Waals surface area contributed by atoms with Crippen molar-refractivity contribution in [2.75, 3.05) is 31.1 Å². The number of anilines is 1. The summed E-state index contributed by atoms with van der Waals surface area (Å²) in [7, 11) is 0. The zero-order chi connectivity index (χ0) is 17.8. The van der Waals surface area contributed by atoms with E-state index in [1.165, 1.54) is 18.2 Å². The highest BCUT2D eigenvalue weighted by Crippen LogP contribution is 2.47. The first-order valence-electron chi connectivity index (χ1n) is 9.03. The SMILES string of the molecule is O=C1NCCN2c3c1cc(-c1c(F)cccc1F)cc3C1CNCCC12. The number of amides is 1. The van der Waals surface area contributed by atoms with Crippen molar-refractivity contribution in [2.24, 2.45) is 0 Å². The Balaban J connectivity index is 1.76. The van der Waals surface area contributed by atoms with Gasteiger partial charge in [-0.2, -0.15) is 0 Å². The normalized spacial score (nSPS) is 23.9. The predicted molar refractivity (Wildman–Crippen MR) is 95.5 cm³/mol. The van der Waals surface area contributed by atoms with Crippen LogP contribution in [0.4, 0.5) is 14.5 Å². The maximum Gasteiger partial charge on any atom is 0.253 e. The van der Waals surface area contributed by atoms with Crippen LogP contribution in [0.25, 0.3) is 11.1 Å². The quantitative estimate of drug-likeness (QED) is 0.827. The molecule has 1 saturated heterocycles. The summed E-state index contributed by atoms with van der Waals surface area (Å²) < 4.78 is 28.7. The number of hydrogen-bond acceptors (Lipinski definition) is 3. The van der Waals surface area contributed by atoms with E-state index in [0.717, 1.165) is 37.3 Å². The van der Waals surface area contributed by atoms with Gasteiger partial charge in [0.1, 0.15) is 11.6 Å². The number of carbonyl (C=O) groups excluding carboxylic acids is 1. The maximum atomic E-state index is 14.4. The minimum atomic E-state index is -0.612. The minimum absolute atomic E-state index is 0.0673. The van der Waals surface area contributed by atoms with Gasteiger partial charge in [0.2, 0.25) is 0 Å². The monoisotopic (exact) mass is 355 g/mol. The molecule has 134 valence electrons. The molecule has 0 saturated carbocycles. The van der Waals surface area contributed by atoms with Crippen molar-refractivity contribution in [2.45, 2.75) is 18.4 Å². The molecule has 3 aliphatic heterocycles. The molecule has 1 fully saturated rings. The third-order valence-electron chi connectivity index (χ3n) is 5.81. The Bertz CT molecular complexity index is 894. The highest BCUT2D eigenvalue weighted by atomic mass is 19.1. The molecule has 2 N–H and O–H groups in total. The lowest BCUT2D eigenvalue weighted by Gasteiger charge is -2.33. The third-order valence-corrected chi connectivity index (χ3v) is 5.81. The van der Waals surface area contributed by atoms with Gasteiger partial charge in [-0.3, -0.25) is 4.79 Å². The average Bonchev–Trinajstić information content (AvgIpc) is 2.84. The van der Waals surface area contributed by atoms with Gasteiger partial charge in [0.05, 0.1) is 16.8 Å². The van der Waals surface area contributed by atoms with Gasteiger partial charge in [-0.05, 0) is 48.4 Å². The van der Waals surface area contributed by atoms with Gasteiger partial charge in [0.15, 0.2) is 0 Å². The Hall–Kier alpha value is -2.47. The van der Waals surface area contributed by atoms with E-state index in [1.807, 2.05) is 6.07 Å². The van der Waals surface area contributed by atoms with E-state index < -0.39 is 11.6 Å². The summed E-state index contributed by atoms with van der Waals surface area (Å²) in [6.45, 7) is 3.10. The number of carbonyl (C=O) groups is 1. The van der Waals surface area contributed by atoms with Gasteiger partial charge in [-0.15, -0.1) is 0 Å².